The molecule has 0 fully saturated rings. The lowest BCUT2D eigenvalue weighted by Crippen LogP contribution is -2.47. The van der Waals surface area contributed by atoms with Crippen LogP contribution in [-0.2, 0) is 6.54 Å². The quantitative estimate of drug-likeness (QED) is 0.464. The molecule has 0 aromatic carbocycles. The standard InChI is InChI=1S/C9H15ClN4O2S/c1-3-13(8(11-2)6-14(15)16)5-7-4-12-9(10)17-7/h4,8,11H,3,5-6H2,1-2H3. The monoisotopic (exact) mass is 278 g/mol. The molecule has 0 bridgehead atoms. The highest BCUT2D eigenvalue weighted by Gasteiger charge is 2.21. The first kappa shape index (κ1) is 14.3. The average Bonchev–Trinajstić information content (AvgIpc) is 2.68. The molecule has 0 aliphatic carbocycles. The maximum Gasteiger partial charge on any atom is 0.232 e. The molecule has 17 heavy (non-hydrogen) atoms. The van der Waals surface area contributed by atoms with Crippen LogP contribution in [0.2, 0.25) is 4.47 Å². The Morgan fingerprint density at radius 3 is 2.88 bits per heavy atom. The van der Waals surface area contributed by atoms with Crippen molar-refractivity contribution in [3.63, 3.8) is 0 Å². The number of likely N-dealkylation sites (N-methyl/N-ethyl adjacent to an activating group) is 2. The Balaban J connectivity index is 2.65. The van der Waals surface area contributed by atoms with Crippen molar-refractivity contribution in [3.05, 3.63) is 25.7 Å². The Bertz CT molecular complexity index is 374. The third-order valence-electron chi connectivity index (χ3n) is 2.39. The van der Waals surface area contributed by atoms with Gasteiger partial charge in [-0.1, -0.05) is 18.5 Å². The van der Waals surface area contributed by atoms with E-state index in [0.29, 0.717) is 11.0 Å². The fourth-order valence-electron chi connectivity index (χ4n) is 1.53. The van der Waals surface area contributed by atoms with Gasteiger partial charge in [0, 0.05) is 22.5 Å². The van der Waals surface area contributed by atoms with Gasteiger partial charge in [0.25, 0.3) is 0 Å². The van der Waals surface area contributed by atoms with Crippen molar-refractivity contribution in [3.8, 4) is 0 Å². The molecular weight excluding hydrogens is 264 g/mol. The van der Waals surface area contributed by atoms with E-state index in [1.165, 1.54) is 11.3 Å². The summed E-state index contributed by atoms with van der Waals surface area (Å²) >= 11 is 7.14. The highest BCUT2D eigenvalue weighted by molar-refractivity contribution is 7.15. The highest BCUT2D eigenvalue weighted by atomic mass is 35.5. The molecule has 0 aliphatic heterocycles. The summed E-state index contributed by atoms with van der Waals surface area (Å²) in [6, 6.07) is 0. The van der Waals surface area contributed by atoms with E-state index in [-0.39, 0.29) is 17.6 Å². The first-order valence-corrected chi connectivity index (χ1v) is 6.39. The molecule has 0 aliphatic rings. The zero-order valence-electron chi connectivity index (χ0n) is 9.72. The van der Waals surface area contributed by atoms with E-state index in [0.717, 1.165) is 11.4 Å². The first-order valence-electron chi connectivity index (χ1n) is 5.20. The van der Waals surface area contributed by atoms with E-state index in [9.17, 15) is 10.1 Å². The van der Waals surface area contributed by atoms with Crippen LogP contribution in [0.4, 0.5) is 0 Å². The van der Waals surface area contributed by atoms with Crippen LogP contribution in [0, 0.1) is 10.1 Å². The van der Waals surface area contributed by atoms with E-state index < -0.39 is 0 Å². The lowest BCUT2D eigenvalue weighted by molar-refractivity contribution is -0.488. The van der Waals surface area contributed by atoms with E-state index in [1.807, 2.05) is 11.8 Å². The lowest BCUT2D eigenvalue weighted by Gasteiger charge is -2.26. The van der Waals surface area contributed by atoms with Gasteiger partial charge in [-0.05, 0) is 13.6 Å². The minimum Gasteiger partial charge on any atom is -0.299 e. The molecule has 0 saturated heterocycles. The number of aromatic nitrogens is 1. The normalized spacial score (nSPS) is 12.9. The zero-order valence-corrected chi connectivity index (χ0v) is 11.3. The second-order valence-corrected chi connectivity index (χ2v) is 5.16. The van der Waals surface area contributed by atoms with Crippen LogP contribution in [0.1, 0.15) is 11.8 Å². The van der Waals surface area contributed by atoms with Gasteiger partial charge >= 0.3 is 0 Å². The van der Waals surface area contributed by atoms with Crippen molar-refractivity contribution in [2.24, 2.45) is 0 Å². The number of nitro groups is 1. The molecule has 0 radical (unpaired) electrons. The van der Waals surface area contributed by atoms with Crippen LogP contribution < -0.4 is 5.32 Å². The van der Waals surface area contributed by atoms with Crippen LogP contribution in [0.15, 0.2) is 6.20 Å². The molecule has 1 unspecified atom stereocenters. The smallest absolute Gasteiger partial charge is 0.232 e. The highest BCUT2D eigenvalue weighted by Crippen LogP contribution is 2.19. The Kier molecular flexibility index (Phi) is 5.76. The van der Waals surface area contributed by atoms with Gasteiger partial charge in [-0.15, -0.1) is 11.3 Å². The Labute approximate surface area is 109 Å². The molecule has 0 spiro atoms. The van der Waals surface area contributed by atoms with Gasteiger partial charge in [-0.25, -0.2) is 4.98 Å². The fraction of sp³-hybridized carbons (Fsp3) is 0.667. The second-order valence-electron chi connectivity index (χ2n) is 3.46. The molecule has 1 aromatic rings. The SMILES string of the molecule is CCN(Cc1cnc(Cl)s1)C(C[N+](=O)[O-])NC. The Morgan fingerprint density at radius 2 is 2.47 bits per heavy atom. The summed E-state index contributed by atoms with van der Waals surface area (Å²) < 4.78 is 0.492. The van der Waals surface area contributed by atoms with Crippen molar-refractivity contribution in [1.29, 1.82) is 0 Å². The van der Waals surface area contributed by atoms with Crippen LogP contribution in [0.5, 0.6) is 0 Å². The summed E-state index contributed by atoms with van der Waals surface area (Å²) in [6.45, 7) is 3.17. The average molecular weight is 279 g/mol. The number of halogens is 1. The van der Waals surface area contributed by atoms with Gasteiger partial charge in [-0.3, -0.25) is 20.3 Å². The van der Waals surface area contributed by atoms with Crippen molar-refractivity contribution < 1.29 is 4.92 Å². The third kappa shape index (κ3) is 4.55. The van der Waals surface area contributed by atoms with Gasteiger partial charge in [0.1, 0.15) is 6.17 Å². The van der Waals surface area contributed by atoms with Crippen LogP contribution in [0.25, 0.3) is 0 Å². The molecule has 8 heteroatoms. The topological polar surface area (TPSA) is 71.3 Å². The summed E-state index contributed by atoms with van der Waals surface area (Å²) in [5.41, 5.74) is 0. The zero-order chi connectivity index (χ0) is 12.8. The minimum atomic E-state index is -0.316. The van der Waals surface area contributed by atoms with Crippen LogP contribution >= 0.6 is 22.9 Å². The first-order chi connectivity index (χ1) is 8.06. The minimum absolute atomic E-state index is 0.128. The van der Waals surface area contributed by atoms with Crippen molar-refractivity contribution in [2.45, 2.75) is 19.6 Å². The molecule has 6 nitrogen and oxygen atoms in total. The molecule has 0 saturated carbocycles. The third-order valence-corrected chi connectivity index (χ3v) is 3.49. The maximum absolute atomic E-state index is 10.6. The van der Waals surface area contributed by atoms with Crippen LogP contribution in [0.3, 0.4) is 0 Å². The van der Waals surface area contributed by atoms with E-state index in [1.54, 1.807) is 13.2 Å². The van der Waals surface area contributed by atoms with Gasteiger partial charge in [-0.2, -0.15) is 0 Å². The van der Waals surface area contributed by atoms with Gasteiger partial charge in [0.05, 0.1) is 0 Å². The van der Waals surface area contributed by atoms with Crippen molar-refractivity contribution >= 4 is 22.9 Å². The number of hydrogen-bond acceptors (Lipinski definition) is 6. The number of rotatable bonds is 7. The van der Waals surface area contributed by atoms with Gasteiger partial charge in [0.15, 0.2) is 4.47 Å². The van der Waals surface area contributed by atoms with E-state index in [4.69, 9.17) is 11.6 Å². The fourth-order valence-corrected chi connectivity index (χ4v) is 2.53. The Morgan fingerprint density at radius 1 is 1.76 bits per heavy atom. The molecule has 0 amide bonds. The van der Waals surface area contributed by atoms with Crippen molar-refractivity contribution in [1.82, 2.24) is 15.2 Å². The van der Waals surface area contributed by atoms with Crippen molar-refractivity contribution in [2.75, 3.05) is 20.1 Å². The summed E-state index contributed by atoms with van der Waals surface area (Å²) in [4.78, 5) is 17.2. The molecule has 1 rings (SSSR count). The number of thiazole rings is 1. The maximum atomic E-state index is 10.6. The molecule has 1 aromatic heterocycles. The van der Waals surface area contributed by atoms with Gasteiger partial charge in [0.2, 0.25) is 6.54 Å². The van der Waals surface area contributed by atoms with Gasteiger partial charge < -0.3 is 0 Å². The largest absolute Gasteiger partial charge is 0.299 e. The predicted octanol–water partition coefficient (Wildman–Crippen LogP) is 1.44. The summed E-state index contributed by atoms with van der Waals surface area (Å²) in [5.74, 6) is 0. The summed E-state index contributed by atoms with van der Waals surface area (Å²) in [6.07, 6.45) is 1.42. The molecular formula is C9H15ClN4O2S. The molecule has 1 N–H and O–H groups in total. The predicted molar refractivity (Wildman–Crippen MR) is 67.9 cm³/mol. The summed E-state index contributed by atoms with van der Waals surface area (Å²) in [7, 11) is 1.72. The molecule has 96 valence electrons. The van der Waals surface area contributed by atoms with E-state index >= 15 is 0 Å². The lowest BCUT2D eigenvalue weighted by atomic mass is 10.3. The van der Waals surface area contributed by atoms with Crippen LogP contribution in [-0.4, -0.2) is 41.1 Å². The Hall–Kier alpha value is -0.760. The number of nitrogens with one attached hydrogen (secondary N) is 1. The number of nitrogens with zero attached hydrogens (tertiary/aromatic N) is 3. The molecule has 1 heterocycles. The van der Waals surface area contributed by atoms with E-state index in [2.05, 4.69) is 10.3 Å². The molecule has 1 atom stereocenters. The number of hydrogen-bond donors (Lipinski definition) is 1. The second kappa shape index (κ2) is 6.85. The summed E-state index contributed by atoms with van der Waals surface area (Å²) in [5, 5.41) is 13.5.